The lowest BCUT2D eigenvalue weighted by molar-refractivity contribution is 0.638. The molecule has 114 valence electrons. The largest absolute Gasteiger partial charge is 0.0649 e. The minimum Gasteiger partial charge on any atom is -0.0649 e. The average Bonchev–Trinajstić information content (AvgIpc) is 2.78. The van der Waals surface area contributed by atoms with E-state index in [1.165, 1.54) is 45.4 Å². The Labute approximate surface area is 134 Å². The molecule has 0 aliphatic heterocycles. The molecule has 22 heavy (non-hydrogen) atoms. The Balaban J connectivity index is 2.14. The van der Waals surface area contributed by atoms with Crippen molar-refractivity contribution < 1.29 is 0 Å². The van der Waals surface area contributed by atoms with Gasteiger partial charge in [-0.1, -0.05) is 67.0 Å². The fraction of sp³-hybridized carbons (Fsp3) is 0.364. The number of allylic oxidation sites excluding steroid dienone is 1. The van der Waals surface area contributed by atoms with Crippen molar-refractivity contribution in [3.8, 4) is 11.1 Å². The fourth-order valence-corrected chi connectivity index (χ4v) is 3.75. The molecule has 0 nitrogen and oxygen atoms in total. The van der Waals surface area contributed by atoms with Crippen LogP contribution in [0.15, 0.2) is 35.9 Å². The summed E-state index contributed by atoms with van der Waals surface area (Å²) in [6.07, 6.45) is 4.79. The highest BCUT2D eigenvalue weighted by molar-refractivity contribution is 5.83. The third-order valence-electron chi connectivity index (χ3n) is 4.49. The molecule has 2 aromatic rings. The Morgan fingerprint density at radius 3 is 2.27 bits per heavy atom. The molecule has 0 radical (unpaired) electrons. The zero-order valence-corrected chi connectivity index (χ0v) is 14.5. The molecule has 0 aromatic heterocycles. The summed E-state index contributed by atoms with van der Waals surface area (Å²) in [6, 6.07) is 11.5. The van der Waals surface area contributed by atoms with Gasteiger partial charge >= 0.3 is 0 Å². The van der Waals surface area contributed by atoms with Crippen LogP contribution in [0.4, 0.5) is 0 Å². The quantitative estimate of drug-likeness (QED) is 0.625. The maximum atomic E-state index is 2.45. The summed E-state index contributed by atoms with van der Waals surface area (Å²) in [7, 11) is 0. The van der Waals surface area contributed by atoms with Gasteiger partial charge < -0.3 is 0 Å². The van der Waals surface area contributed by atoms with Crippen molar-refractivity contribution in [3.63, 3.8) is 0 Å². The van der Waals surface area contributed by atoms with Gasteiger partial charge in [-0.15, -0.1) is 0 Å². The normalized spacial score (nSPS) is 13.5. The Kier molecular flexibility index (Phi) is 3.95. The zero-order valence-electron chi connectivity index (χ0n) is 14.5. The van der Waals surface area contributed by atoms with E-state index in [1.54, 1.807) is 5.57 Å². The molecule has 0 saturated heterocycles. The number of rotatable bonds is 3. The molecule has 0 N–H and O–H groups in total. The first-order valence-electron chi connectivity index (χ1n) is 8.34. The van der Waals surface area contributed by atoms with Crippen LogP contribution in [0.25, 0.3) is 17.2 Å². The molecule has 2 aromatic carbocycles. The van der Waals surface area contributed by atoms with Crippen LogP contribution in [0.5, 0.6) is 0 Å². The average molecular weight is 290 g/mol. The molecular formula is C22H26. The molecule has 0 unspecified atom stereocenters. The van der Waals surface area contributed by atoms with E-state index >= 15 is 0 Å². The van der Waals surface area contributed by atoms with Crippen molar-refractivity contribution in [3.05, 3.63) is 63.7 Å². The van der Waals surface area contributed by atoms with E-state index < -0.39 is 0 Å². The number of fused-ring (bicyclic) bond motifs is 1. The summed E-state index contributed by atoms with van der Waals surface area (Å²) >= 11 is 0. The first-order valence-corrected chi connectivity index (χ1v) is 8.34. The topological polar surface area (TPSA) is 0 Å². The van der Waals surface area contributed by atoms with Crippen molar-refractivity contribution in [2.45, 2.75) is 47.5 Å². The molecule has 0 saturated carbocycles. The lowest BCUT2D eigenvalue weighted by Crippen LogP contribution is -1.93. The lowest BCUT2D eigenvalue weighted by Gasteiger charge is -2.13. The van der Waals surface area contributed by atoms with E-state index in [9.17, 15) is 0 Å². The Morgan fingerprint density at radius 1 is 0.955 bits per heavy atom. The second kappa shape index (κ2) is 5.76. The molecule has 0 amide bonds. The SMILES string of the molecule is Cc1cc(C)cc(-c2c(C)ccc3c2C=C(CC(C)C)C3)c1. The van der Waals surface area contributed by atoms with Gasteiger partial charge in [-0.25, -0.2) is 0 Å². The Bertz CT molecular complexity index is 725. The van der Waals surface area contributed by atoms with Crippen molar-refractivity contribution in [2.75, 3.05) is 0 Å². The fourth-order valence-electron chi connectivity index (χ4n) is 3.75. The Hall–Kier alpha value is -1.82. The monoisotopic (exact) mass is 290 g/mol. The van der Waals surface area contributed by atoms with Crippen LogP contribution in [0.3, 0.4) is 0 Å². The van der Waals surface area contributed by atoms with Crippen LogP contribution in [-0.4, -0.2) is 0 Å². The summed E-state index contributed by atoms with van der Waals surface area (Å²) in [6.45, 7) is 11.2. The summed E-state index contributed by atoms with van der Waals surface area (Å²) in [5, 5.41) is 0. The molecule has 0 atom stereocenters. The number of benzene rings is 2. The summed E-state index contributed by atoms with van der Waals surface area (Å²) < 4.78 is 0. The van der Waals surface area contributed by atoms with Crippen LogP contribution in [-0.2, 0) is 6.42 Å². The van der Waals surface area contributed by atoms with Gasteiger partial charge in [0.15, 0.2) is 0 Å². The Morgan fingerprint density at radius 2 is 1.64 bits per heavy atom. The van der Waals surface area contributed by atoms with Gasteiger partial charge in [0.05, 0.1) is 0 Å². The minimum absolute atomic E-state index is 0.728. The van der Waals surface area contributed by atoms with Gasteiger partial charge in [0, 0.05) is 0 Å². The molecule has 0 fully saturated rings. The zero-order chi connectivity index (χ0) is 15.9. The summed E-state index contributed by atoms with van der Waals surface area (Å²) in [4.78, 5) is 0. The molecule has 1 aliphatic carbocycles. The minimum atomic E-state index is 0.728. The van der Waals surface area contributed by atoms with E-state index in [1.807, 2.05) is 0 Å². The molecule has 3 rings (SSSR count). The first kappa shape index (κ1) is 15.1. The molecule has 0 spiro atoms. The van der Waals surface area contributed by atoms with Gasteiger partial charge in [0.2, 0.25) is 0 Å². The van der Waals surface area contributed by atoms with Gasteiger partial charge in [-0.3, -0.25) is 0 Å². The van der Waals surface area contributed by atoms with Gasteiger partial charge in [0.1, 0.15) is 0 Å². The van der Waals surface area contributed by atoms with E-state index in [0.717, 1.165) is 12.3 Å². The smallest absolute Gasteiger partial charge is 0.00575 e. The van der Waals surface area contributed by atoms with Gasteiger partial charge in [0.25, 0.3) is 0 Å². The highest BCUT2D eigenvalue weighted by Crippen LogP contribution is 2.38. The van der Waals surface area contributed by atoms with Crippen LogP contribution < -0.4 is 0 Å². The first-order chi connectivity index (χ1) is 10.4. The molecule has 0 heterocycles. The number of hydrogen-bond donors (Lipinski definition) is 0. The summed E-state index contributed by atoms with van der Waals surface area (Å²) in [5.74, 6) is 0.728. The summed E-state index contributed by atoms with van der Waals surface area (Å²) in [5.41, 5.74) is 11.4. The van der Waals surface area contributed by atoms with Crippen molar-refractivity contribution in [1.82, 2.24) is 0 Å². The molecular weight excluding hydrogens is 264 g/mol. The second-order valence-corrected chi connectivity index (χ2v) is 7.28. The van der Waals surface area contributed by atoms with E-state index in [-0.39, 0.29) is 0 Å². The van der Waals surface area contributed by atoms with Crippen molar-refractivity contribution >= 4 is 6.08 Å². The number of hydrogen-bond acceptors (Lipinski definition) is 0. The van der Waals surface area contributed by atoms with Crippen LogP contribution in [0.1, 0.15) is 48.1 Å². The molecule has 0 bridgehead atoms. The van der Waals surface area contributed by atoms with Crippen LogP contribution in [0.2, 0.25) is 0 Å². The van der Waals surface area contributed by atoms with Crippen molar-refractivity contribution in [1.29, 1.82) is 0 Å². The van der Waals surface area contributed by atoms with E-state index in [4.69, 9.17) is 0 Å². The highest BCUT2D eigenvalue weighted by Gasteiger charge is 2.19. The van der Waals surface area contributed by atoms with Gasteiger partial charge in [-0.2, -0.15) is 0 Å². The van der Waals surface area contributed by atoms with E-state index in [2.05, 4.69) is 71.0 Å². The predicted octanol–water partition coefficient (Wildman–Crippen LogP) is 6.26. The third kappa shape index (κ3) is 2.88. The lowest BCUT2D eigenvalue weighted by atomic mass is 9.91. The van der Waals surface area contributed by atoms with E-state index in [0.29, 0.717) is 0 Å². The van der Waals surface area contributed by atoms with Gasteiger partial charge in [-0.05, 0) is 67.3 Å². The highest BCUT2D eigenvalue weighted by atomic mass is 14.2. The maximum absolute atomic E-state index is 2.45. The second-order valence-electron chi connectivity index (χ2n) is 7.28. The standard InChI is InChI=1S/C22H26/c1-14(2)8-18-12-19-7-6-17(5)22(21(19)13-18)20-10-15(3)9-16(4)11-20/h6-7,9-11,13-14H,8,12H2,1-5H3. The number of aryl methyl sites for hydroxylation is 3. The predicted molar refractivity (Wildman–Crippen MR) is 97.2 cm³/mol. The van der Waals surface area contributed by atoms with Crippen LogP contribution >= 0.6 is 0 Å². The van der Waals surface area contributed by atoms with Crippen molar-refractivity contribution in [2.24, 2.45) is 5.92 Å². The molecule has 1 aliphatic rings. The third-order valence-corrected chi connectivity index (χ3v) is 4.49. The van der Waals surface area contributed by atoms with Crippen LogP contribution in [0, 0.1) is 26.7 Å². The molecule has 0 heteroatoms. The maximum Gasteiger partial charge on any atom is -0.00575 e.